The molecule has 0 aromatic heterocycles. The van der Waals surface area contributed by atoms with Crippen LogP contribution in [0.4, 0.5) is 14.5 Å². The van der Waals surface area contributed by atoms with E-state index in [0.717, 1.165) is 48.3 Å². The lowest BCUT2D eigenvalue weighted by molar-refractivity contribution is -0.117. The van der Waals surface area contributed by atoms with Crippen LogP contribution >= 0.6 is 0 Å². The molecule has 1 N–H and O–H groups in total. The first kappa shape index (κ1) is 16.1. The van der Waals surface area contributed by atoms with Crippen molar-refractivity contribution in [2.75, 3.05) is 4.90 Å². The minimum Gasteiger partial charge on any atom is -0.367 e. The van der Waals surface area contributed by atoms with Crippen molar-refractivity contribution in [3.8, 4) is 0 Å². The van der Waals surface area contributed by atoms with Crippen molar-refractivity contribution in [1.29, 1.82) is 0 Å². The predicted molar refractivity (Wildman–Crippen MR) is 83.8 cm³/mol. The molecule has 1 amide bonds. The number of carbonyl (C=O) groups excluding carboxylic acids is 1. The number of hydrogen-bond donors (Lipinski definition) is 1. The highest BCUT2D eigenvalue weighted by Crippen LogP contribution is 2.46. The molecule has 0 saturated heterocycles. The normalized spacial score (nSPS) is 24.3. The van der Waals surface area contributed by atoms with Crippen molar-refractivity contribution in [1.82, 2.24) is 0 Å². The zero-order chi connectivity index (χ0) is 16.6. The molecule has 5 heteroatoms. The van der Waals surface area contributed by atoms with E-state index in [1.165, 1.54) is 6.07 Å². The molecule has 0 spiro atoms. The average molecular weight is 321 g/mol. The van der Waals surface area contributed by atoms with E-state index in [1.807, 2.05) is 6.92 Å². The van der Waals surface area contributed by atoms with Crippen molar-refractivity contribution in [2.24, 2.45) is 0 Å². The van der Waals surface area contributed by atoms with Gasteiger partial charge in [0.2, 0.25) is 0 Å². The molecule has 0 radical (unpaired) electrons. The van der Waals surface area contributed by atoms with Gasteiger partial charge < -0.3 is 5.11 Å². The number of halogens is 2. The van der Waals surface area contributed by atoms with Crippen LogP contribution in [0.15, 0.2) is 29.3 Å². The Kier molecular flexibility index (Phi) is 4.23. The third kappa shape index (κ3) is 2.57. The summed E-state index contributed by atoms with van der Waals surface area (Å²) in [5, 5.41) is 11.3. The Balaban J connectivity index is 2.09. The molecule has 3 nitrogen and oxygen atoms in total. The van der Waals surface area contributed by atoms with Crippen LogP contribution < -0.4 is 4.90 Å². The minimum absolute atomic E-state index is 0.0515. The fourth-order valence-corrected chi connectivity index (χ4v) is 3.68. The quantitative estimate of drug-likeness (QED) is 0.908. The summed E-state index contributed by atoms with van der Waals surface area (Å²) in [6.07, 6.45) is 5.03. The molecule has 0 bridgehead atoms. The highest BCUT2D eigenvalue weighted by atomic mass is 19.1. The molecule has 0 saturated carbocycles. The fraction of sp³-hybridized carbons (Fsp3) is 0.500. The monoisotopic (exact) mass is 321 g/mol. The van der Waals surface area contributed by atoms with Crippen LogP contribution in [0.1, 0.15) is 51.9 Å². The SMILES string of the molecule is CCCCC1(O)C2=C(CCCC2)C(=O)N1c1ccc(F)cc1F. The van der Waals surface area contributed by atoms with E-state index in [-0.39, 0.29) is 11.6 Å². The van der Waals surface area contributed by atoms with Gasteiger partial charge in [0.25, 0.3) is 5.91 Å². The van der Waals surface area contributed by atoms with Gasteiger partial charge in [-0.3, -0.25) is 9.69 Å². The van der Waals surface area contributed by atoms with Crippen molar-refractivity contribution < 1.29 is 18.7 Å². The summed E-state index contributed by atoms with van der Waals surface area (Å²) < 4.78 is 27.5. The Morgan fingerprint density at radius 3 is 2.70 bits per heavy atom. The zero-order valence-corrected chi connectivity index (χ0v) is 13.2. The Bertz CT molecular complexity index is 671. The van der Waals surface area contributed by atoms with E-state index in [1.54, 1.807) is 0 Å². The van der Waals surface area contributed by atoms with Gasteiger partial charge in [-0.25, -0.2) is 8.78 Å². The molecule has 1 aliphatic carbocycles. The first-order chi connectivity index (χ1) is 11.0. The number of benzene rings is 1. The molecule has 1 unspecified atom stereocenters. The first-order valence-corrected chi connectivity index (χ1v) is 8.23. The molecule has 1 aliphatic heterocycles. The number of unbranched alkanes of at least 4 members (excludes halogenated alkanes) is 1. The van der Waals surface area contributed by atoms with Gasteiger partial charge in [0.15, 0.2) is 5.72 Å². The van der Waals surface area contributed by atoms with Crippen LogP contribution in [0, 0.1) is 11.6 Å². The van der Waals surface area contributed by atoms with Crippen LogP contribution in [0.2, 0.25) is 0 Å². The highest BCUT2D eigenvalue weighted by Gasteiger charge is 2.51. The van der Waals surface area contributed by atoms with Gasteiger partial charge in [0.1, 0.15) is 11.6 Å². The van der Waals surface area contributed by atoms with E-state index in [0.29, 0.717) is 24.8 Å². The second-order valence-corrected chi connectivity index (χ2v) is 6.32. The van der Waals surface area contributed by atoms with Gasteiger partial charge in [-0.15, -0.1) is 0 Å². The number of hydrogen-bond acceptors (Lipinski definition) is 2. The Morgan fingerprint density at radius 2 is 2.00 bits per heavy atom. The summed E-state index contributed by atoms with van der Waals surface area (Å²) in [5.41, 5.74) is -0.199. The topological polar surface area (TPSA) is 40.5 Å². The minimum atomic E-state index is -1.48. The second-order valence-electron chi connectivity index (χ2n) is 6.32. The zero-order valence-electron chi connectivity index (χ0n) is 13.2. The number of anilines is 1. The van der Waals surface area contributed by atoms with Gasteiger partial charge in [0.05, 0.1) is 5.69 Å². The number of carbonyl (C=O) groups is 1. The lowest BCUT2D eigenvalue weighted by atomic mass is 9.86. The lowest BCUT2D eigenvalue weighted by Gasteiger charge is -2.36. The molecule has 1 heterocycles. The number of rotatable bonds is 4. The molecule has 2 aliphatic rings. The smallest absolute Gasteiger partial charge is 0.257 e. The number of nitrogens with zero attached hydrogens (tertiary/aromatic N) is 1. The number of aliphatic hydroxyl groups is 1. The van der Waals surface area contributed by atoms with E-state index in [2.05, 4.69) is 0 Å². The van der Waals surface area contributed by atoms with Crippen LogP contribution in [0.3, 0.4) is 0 Å². The van der Waals surface area contributed by atoms with Crippen molar-refractivity contribution in [3.63, 3.8) is 0 Å². The highest BCUT2D eigenvalue weighted by molar-refractivity contribution is 6.11. The van der Waals surface area contributed by atoms with Gasteiger partial charge in [-0.2, -0.15) is 0 Å². The Labute approximate surface area is 134 Å². The summed E-state index contributed by atoms with van der Waals surface area (Å²) in [4.78, 5) is 14.0. The molecule has 1 atom stereocenters. The molecule has 1 aromatic carbocycles. The van der Waals surface area contributed by atoms with Crippen LogP contribution in [0.25, 0.3) is 0 Å². The van der Waals surface area contributed by atoms with Crippen LogP contribution in [-0.2, 0) is 4.79 Å². The molecule has 3 rings (SSSR count). The molecular formula is C18H21F2NO2. The second kappa shape index (κ2) is 6.04. The average Bonchev–Trinajstić information content (AvgIpc) is 2.75. The maximum absolute atomic E-state index is 14.3. The molecule has 0 fully saturated rings. The molecule has 1 aromatic rings. The van der Waals surface area contributed by atoms with Crippen LogP contribution in [0.5, 0.6) is 0 Å². The maximum Gasteiger partial charge on any atom is 0.257 e. The largest absolute Gasteiger partial charge is 0.367 e. The summed E-state index contributed by atoms with van der Waals surface area (Å²) in [7, 11) is 0. The van der Waals surface area contributed by atoms with E-state index in [4.69, 9.17) is 0 Å². The molecular weight excluding hydrogens is 300 g/mol. The van der Waals surface area contributed by atoms with E-state index < -0.39 is 17.4 Å². The Hall–Kier alpha value is -1.75. The summed E-state index contributed by atoms with van der Waals surface area (Å²) >= 11 is 0. The van der Waals surface area contributed by atoms with Gasteiger partial charge in [-0.05, 0) is 56.2 Å². The third-order valence-corrected chi connectivity index (χ3v) is 4.81. The van der Waals surface area contributed by atoms with E-state index >= 15 is 0 Å². The molecule has 23 heavy (non-hydrogen) atoms. The summed E-state index contributed by atoms with van der Waals surface area (Å²) in [6.45, 7) is 2.00. The van der Waals surface area contributed by atoms with Gasteiger partial charge in [0, 0.05) is 11.6 Å². The van der Waals surface area contributed by atoms with Crippen molar-refractivity contribution in [3.05, 3.63) is 41.0 Å². The first-order valence-electron chi connectivity index (χ1n) is 8.23. The summed E-state index contributed by atoms with van der Waals surface area (Å²) in [5.74, 6) is -1.87. The standard InChI is InChI=1S/C18H21F2NO2/c1-2-3-10-18(23)14-7-5-4-6-13(14)17(22)21(18)16-9-8-12(19)11-15(16)20/h8-9,11,23H,2-7,10H2,1H3. The lowest BCUT2D eigenvalue weighted by Crippen LogP contribution is -2.49. The molecule has 124 valence electrons. The van der Waals surface area contributed by atoms with E-state index in [9.17, 15) is 18.7 Å². The Morgan fingerprint density at radius 1 is 1.26 bits per heavy atom. The number of amides is 1. The maximum atomic E-state index is 14.3. The third-order valence-electron chi connectivity index (χ3n) is 4.81. The van der Waals surface area contributed by atoms with Gasteiger partial charge >= 0.3 is 0 Å². The van der Waals surface area contributed by atoms with Gasteiger partial charge in [-0.1, -0.05) is 13.3 Å². The van der Waals surface area contributed by atoms with Crippen molar-refractivity contribution in [2.45, 2.75) is 57.6 Å². The predicted octanol–water partition coefficient (Wildman–Crippen LogP) is 4.06. The van der Waals surface area contributed by atoms with Crippen molar-refractivity contribution >= 4 is 11.6 Å². The van der Waals surface area contributed by atoms with Crippen LogP contribution in [-0.4, -0.2) is 16.7 Å². The fourth-order valence-electron chi connectivity index (χ4n) is 3.68. The summed E-state index contributed by atoms with van der Waals surface area (Å²) in [6, 6.07) is 3.10.